The van der Waals surface area contributed by atoms with Crippen molar-refractivity contribution in [2.45, 2.75) is 43.9 Å². The molecule has 4 N–H and O–H groups in total. The largest absolute Gasteiger partial charge is 0.404 e. The van der Waals surface area contributed by atoms with Crippen molar-refractivity contribution in [3.05, 3.63) is 35.4 Å². The molecule has 2 saturated heterocycles. The number of piperidine rings is 2. The molecule has 4 rings (SSSR count). The van der Waals surface area contributed by atoms with E-state index in [1.165, 1.54) is 29.1 Å². The first-order valence-corrected chi connectivity index (χ1v) is 9.41. The summed E-state index contributed by atoms with van der Waals surface area (Å²) >= 11 is 0. The quantitative estimate of drug-likeness (QED) is 0.604. The number of nitrogens with one attached hydrogen (secondary N) is 2. The standard InChI is InChI=1S/C19H25N3O3/c20-18(24)19(22-10-4-1-5-11-22)8-12-21(13-9-19)16-14-6-2-3-7-15(14)17(23)25-16/h2-3,6-7,16H,1,4-5,8-13H2,(H2,20,24)/p+2/t16-/m1/s1. The van der Waals surface area contributed by atoms with Crippen molar-refractivity contribution in [1.29, 1.82) is 0 Å². The topological polar surface area (TPSA) is 78.3 Å². The number of rotatable bonds is 3. The summed E-state index contributed by atoms with van der Waals surface area (Å²) in [5.41, 5.74) is 7.08. The predicted octanol–water partition coefficient (Wildman–Crippen LogP) is -1.17. The molecule has 0 spiro atoms. The molecule has 1 atom stereocenters. The number of fused-ring (bicyclic) bond motifs is 1. The minimum Gasteiger partial charge on any atom is -0.404 e. The number of amides is 1. The van der Waals surface area contributed by atoms with Gasteiger partial charge >= 0.3 is 5.97 Å². The second-order valence-corrected chi connectivity index (χ2v) is 7.64. The van der Waals surface area contributed by atoms with E-state index in [0.29, 0.717) is 5.56 Å². The van der Waals surface area contributed by atoms with E-state index in [1.807, 2.05) is 24.3 Å². The lowest BCUT2D eigenvalue weighted by atomic mass is 9.83. The van der Waals surface area contributed by atoms with Crippen LogP contribution in [-0.4, -0.2) is 43.6 Å². The van der Waals surface area contributed by atoms with Crippen molar-refractivity contribution in [2.75, 3.05) is 26.2 Å². The molecule has 6 heteroatoms. The summed E-state index contributed by atoms with van der Waals surface area (Å²) in [5.74, 6) is -0.395. The molecule has 0 unspecified atom stereocenters. The number of hydrogen-bond donors (Lipinski definition) is 3. The summed E-state index contributed by atoms with van der Waals surface area (Å²) in [7, 11) is 0. The van der Waals surface area contributed by atoms with Gasteiger partial charge in [0, 0.05) is 0 Å². The van der Waals surface area contributed by atoms with Gasteiger partial charge in [0.2, 0.25) is 0 Å². The Morgan fingerprint density at radius 3 is 2.44 bits per heavy atom. The molecular weight excluding hydrogens is 318 g/mol. The molecule has 3 heterocycles. The number of primary amides is 1. The fourth-order valence-electron chi connectivity index (χ4n) is 4.94. The van der Waals surface area contributed by atoms with E-state index in [9.17, 15) is 9.59 Å². The van der Waals surface area contributed by atoms with Gasteiger partial charge in [0.05, 0.1) is 50.1 Å². The Kier molecular flexibility index (Phi) is 4.25. The summed E-state index contributed by atoms with van der Waals surface area (Å²) < 4.78 is 5.65. The summed E-state index contributed by atoms with van der Waals surface area (Å²) in [6.45, 7) is 3.69. The summed E-state index contributed by atoms with van der Waals surface area (Å²) in [6, 6.07) is 7.62. The minimum absolute atomic E-state index is 0.160. The molecule has 6 nitrogen and oxygen atoms in total. The molecule has 3 aliphatic rings. The summed E-state index contributed by atoms with van der Waals surface area (Å²) in [6.07, 6.45) is 4.89. The van der Waals surface area contributed by atoms with Crippen molar-refractivity contribution in [3.63, 3.8) is 0 Å². The van der Waals surface area contributed by atoms with Crippen molar-refractivity contribution < 1.29 is 24.1 Å². The van der Waals surface area contributed by atoms with E-state index < -0.39 is 5.54 Å². The van der Waals surface area contributed by atoms with Gasteiger partial charge in [-0.1, -0.05) is 12.1 Å². The highest BCUT2D eigenvalue weighted by atomic mass is 16.6. The maximum absolute atomic E-state index is 12.4. The first kappa shape index (κ1) is 16.5. The first-order chi connectivity index (χ1) is 12.1. The zero-order chi connectivity index (χ0) is 17.4. The second-order valence-electron chi connectivity index (χ2n) is 7.64. The Balaban J connectivity index is 1.51. The lowest BCUT2D eigenvalue weighted by molar-refractivity contribution is -0.993. The Labute approximate surface area is 147 Å². The normalized spacial score (nSPS) is 32.9. The molecule has 0 saturated carbocycles. The molecule has 1 aromatic rings. The zero-order valence-corrected chi connectivity index (χ0v) is 14.6. The van der Waals surface area contributed by atoms with Crippen molar-refractivity contribution in [3.8, 4) is 0 Å². The van der Waals surface area contributed by atoms with Crippen molar-refractivity contribution >= 4 is 11.9 Å². The highest BCUT2D eigenvalue weighted by Gasteiger charge is 2.52. The number of esters is 1. The highest BCUT2D eigenvalue weighted by molar-refractivity contribution is 5.93. The Morgan fingerprint density at radius 2 is 1.76 bits per heavy atom. The monoisotopic (exact) mass is 345 g/mol. The number of carbonyl (C=O) groups is 2. The van der Waals surface area contributed by atoms with Gasteiger partial charge < -0.3 is 15.4 Å². The Bertz CT molecular complexity index is 676. The first-order valence-electron chi connectivity index (χ1n) is 9.41. The molecule has 1 aromatic carbocycles. The fraction of sp³-hybridized carbons (Fsp3) is 0.579. The van der Waals surface area contributed by atoms with Gasteiger partial charge in [-0.15, -0.1) is 0 Å². The smallest absolute Gasteiger partial charge is 0.343 e. The lowest BCUT2D eigenvalue weighted by Crippen LogP contribution is -3.26. The van der Waals surface area contributed by atoms with Crippen LogP contribution in [0.4, 0.5) is 0 Å². The maximum Gasteiger partial charge on any atom is 0.343 e. The van der Waals surface area contributed by atoms with Gasteiger partial charge in [0.25, 0.3) is 12.1 Å². The predicted molar refractivity (Wildman–Crippen MR) is 91.0 cm³/mol. The van der Waals surface area contributed by atoms with Crippen LogP contribution in [0.25, 0.3) is 0 Å². The Hall–Kier alpha value is -1.92. The third-order valence-electron chi connectivity index (χ3n) is 6.41. The van der Waals surface area contributed by atoms with Crippen LogP contribution < -0.4 is 15.5 Å². The maximum atomic E-state index is 12.4. The number of ether oxygens (including phenoxy) is 1. The molecule has 1 amide bonds. The SMILES string of the molecule is NC(=O)C1([NH+]2CCCCC2)CC[NH+]([C@@H]2OC(=O)c3ccccc32)CC1. The third-order valence-corrected chi connectivity index (χ3v) is 6.41. The Morgan fingerprint density at radius 1 is 1.08 bits per heavy atom. The summed E-state index contributed by atoms with van der Waals surface area (Å²) in [5, 5.41) is 0. The van der Waals surface area contributed by atoms with E-state index in [2.05, 4.69) is 0 Å². The van der Waals surface area contributed by atoms with E-state index in [4.69, 9.17) is 10.5 Å². The second kappa shape index (κ2) is 6.42. The molecule has 0 aliphatic carbocycles. The average molecular weight is 345 g/mol. The molecular formula is C19H27N3O3+2. The fourth-order valence-corrected chi connectivity index (χ4v) is 4.94. The van der Waals surface area contributed by atoms with Crippen LogP contribution in [0.1, 0.15) is 54.3 Å². The van der Waals surface area contributed by atoms with Gasteiger partial charge in [0.1, 0.15) is 0 Å². The molecule has 2 fully saturated rings. The van der Waals surface area contributed by atoms with Gasteiger partial charge in [-0.25, -0.2) is 4.79 Å². The number of likely N-dealkylation sites (tertiary alicyclic amines) is 2. The molecule has 0 radical (unpaired) electrons. The number of benzene rings is 1. The van der Waals surface area contributed by atoms with Crippen LogP contribution in [-0.2, 0) is 9.53 Å². The van der Waals surface area contributed by atoms with E-state index >= 15 is 0 Å². The van der Waals surface area contributed by atoms with E-state index in [1.54, 1.807) is 0 Å². The zero-order valence-electron chi connectivity index (χ0n) is 14.6. The van der Waals surface area contributed by atoms with Crippen molar-refractivity contribution in [2.24, 2.45) is 5.73 Å². The van der Waals surface area contributed by atoms with Crippen LogP contribution in [0.5, 0.6) is 0 Å². The van der Waals surface area contributed by atoms with Crippen LogP contribution >= 0.6 is 0 Å². The molecule has 25 heavy (non-hydrogen) atoms. The van der Waals surface area contributed by atoms with Crippen LogP contribution in [0.3, 0.4) is 0 Å². The third kappa shape index (κ3) is 2.73. The van der Waals surface area contributed by atoms with Crippen molar-refractivity contribution in [1.82, 2.24) is 0 Å². The summed E-state index contributed by atoms with van der Waals surface area (Å²) in [4.78, 5) is 27.0. The lowest BCUT2D eigenvalue weighted by Gasteiger charge is -2.44. The van der Waals surface area contributed by atoms with Gasteiger partial charge in [-0.3, -0.25) is 9.69 Å². The van der Waals surface area contributed by atoms with Crippen LogP contribution in [0.15, 0.2) is 24.3 Å². The number of cyclic esters (lactones) is 1. The number of nitrogens with two attached hydrogens (primary N) is 1. The van der Waals surface area contributed by atoms with Gasteiger partial charge in [0.15, 0.2) is 5.54 Å². The minimum atomic E-state index is -0.438. The molecule has 3 aliphatic heterocycles. The van der Waals surface area contributed by atoms with E-state index in [-0.39, 0.29) is 18.1 Å². The van der Waals surface area contributed by atoms with Gasteiger partial charge in [-0.05, 0) is 31.4 Å². The van der Waals surface area contributed by atoms with Gasteiger partial charge in [-0.2, -0.15) is 0 Å². The molecule has 134 valence electrons. The molecule has 0 aromatic heterocycles. The number of carbonyl (C=O) groups excluding carboxylic acids is 2. The number of quaternary nitrogens is 2. The van der Waals surface area contributed by atoms with Crippen LogP contribution in [0.2, 0.25) is 0 Å². The molecule has 0 bridgehead atoms. The highest BCUT2D eigenvalue weighted by Crippen LogP contribution is 2.27. The van der Waals surface area contributed by atoms with E-state index in [0.717, 1.165) is 44.6 Å². The van der Waals surface area contributed by atoms with Crippen LogP contribution in [0, 0.1) is 0 Å². The average Bonchev–Trinajstić information content (AvgIpc) is 2.99. The number of hydrogen-bond acceptors (Lipinski definition) is 3.